The van der Waals surface area contributed by atoms with Crippen molar-refractivity contribution in [2.45, 2.75) is 29.5 Å². The van der Waals surface area contributed by atoms with Gasteiger partial charge in [0.2, 0.25) is 10.0 Å². The molecular weight excluding hydrogens is 290 g/mol. The lowest BCUT2D eigenvalue weighted by Gasteiger charge is -2.21. The van der Waals surface area contributed by atoms with Gasteiger partial charge in [-0.05, 0) is 30.7 Å². The van der Waals surface area contributed by atoms with E-state index in [2.05, 4.69) is 4.72 Å². The minimum absolute atomic E-state index is 0.0483. The second-order valence-electron chi connectivity index (χ2n) is 4.23. The summed E-state index contributed by atoms with van der Waals surface area (Å²) in [5.41, 5.74) is 0. The Kier molecular flexibility index (Phi) is 5.08. The zero-order valence-corrected chi connectivity index (χ0v) is 12.4. The molecule has 1 saturated heterocycles. The molecule has 2 N–H and O–H groups in total. The molecule has 7 heteroatoms. The highest BCUT2D eigenvalue weighted by atomic mass is 32.2. The molecule has 0 saturated carbocycles. The first-order valence-electron chi connectivity index (χ1n) is 5.91. The van der Waals surface area contributed by atoms with Crippen molar-refractivity contribution in [2.24, 2.45) is 0 Å². The Morgan fingerprint density at radius 3 is 2.94 bits per heavy atom. The number of aliphatic hydroxyl groups is 1. The molecule has 1 aromatic rings. The molecule has 1 unspecified atom stereocenters. The van der Waals surface area contributed by atoms with E-state index >= 15 is 0 Å². The van der Waals surface area contributed by atoms with Crippen LogP contribution < -0.4 is 4.72 Å². The van der Waals surface area contributed by atoms with Gasteiger partial charge >= 0.3 is 0 Å². The first-order valence-corrected chi connectivity index (χ1v) is 9.37. The minimum atomic E-state index is -3.38. The van der Waals surface area contributed by atoms with Gasteiger partial charge in [-0.1, -0.05) is 0 Å². The highest BCUT2D eigenvalue weighted by Crippen LogP contribution is 2.24. The summed E-state index contributed by atoms with van der Waals surface area (Å²) >= 11 is 3.03. The van der Waals surface area contributed by atoms with E-state index in [1.54, 1.807) is 23.9 Å². The highest BCUT2D eigenvalue weighted by Gasteiger charge is 2.23. The zero-order valence-electron chi connectivity index (χ0n) is 9.96. The maximum absolute atomic E-state index is 12.1. The van der Waals surface area contributed by atoms with Gasteiger partial charge in [-0.25, -0.2) is 13.1 Å². The summed E-state index contributed by atoms with van der Waals surface area (Å²) in [6.45, 7) is 0.0483. The molecule has 2 heterocycles. The van der Waals surface area contributed by atoms with Crippen molar-refractivity contribution < 1.29 is 13.5 Å². The van der Waals surface area contributed by atoms with Gasteiger partial charge in [0.1, 0.15) is 4.21 Å². The van der Waals surface area contributed by atoms with Crippen molar-refractivity contribution in [3.63, 3.8) is 0 Å². The van der Waals surface area contributed by atoms with E-state index in [1.165, 1.54) is 11.3 Å². The zero-order chi connectivity index (χ0) is 13.0. The molecular formula is C11H17NO3S3. The molecule has 0 radical (unpaired) electrons. The first kappa shape index (κ1) is 14.3. The molecule has 102 valence electrons. The van der Waals surface area contributed by atoms with Crippen molar-refractivity contribution in [1.82, 2.24) is 4.72 Å². The maximum atomic E-state index is 12.1. The van der Waals surface area contributed by atoms with E-state index in [-0.39, 0.29) is 12.6 Å². The fourth-order valence-corrected chi connectivity index (χ4v) is 5.67. The summed E-state index contributed by atoms with van der Waals surface area (Å²) in [5.74, 6) is 1.98. The third-order valence-electron chi connectivity index (χ3n) is 2.74. The molecule has 0 aromatic carbocycles. The topological polar surface area (TPSA) is 66.4 Å². The quantitative estimate of drug-likeness (QED) is 0.864. The molecule has 18 heavy (non-hydrogen) atoms. The Morgan fingerprint density at radius 2 is 2.28 bits per heavy atom. The third kappa shape index (κ3) is 3.71. The maximum Gasteiger partial charge on any atom is 0.250 e. The van der Waals surface area contributed by atoms with E-state index in [9.17, 15) is 8.42 Å². The lowest BCUT2D eigenvalue weighted by Crippen LogP contribution is -2.37. The van der Waals surface area contributed by atoms with E-state index in [4.69, 9.17) is 5.11 Å². The molecule has 0 spiro atoms. The highest BCUT2D eigenvalue weighted by molar-refractivity contribution is 7.99. The van der Waals surface area contributed by atoms with Crippen molar-refractivity contribution in [3.8, 4) is 0 Å². The summed E-state index contributed by atoms with van der Waals surface area (Å²) in [6.07, 6.45) is 2.50. The van der Waals surface area contributed by atoms with Crippen LogP contribution in [0.1, 0.15) is 17.7 Å². The van der Waals surface area contributed by atoms with Crippen LogP contribution in [0.3, 0.4) is 0 Å². The van der Waals surface area contributed by atoms with Crippen LogP contribution in [0.15, 0.2) is 16.3 Å². The number of hydrogen-bond donors (Lipinski definition) is 2. The van der Waals surface area contributed by atoms with Gasteiger partial charge in [-0.15, -0.1) is 11.3 Å². The standard InChI is InChI=1S/C11H17NO3S3/c13-6-5-10-3-4-11(17-10)18(14,15)12-9-2-1-7-16-8-9/h3-4,9,12-13H,1-2,5-8H2. The van der Waals surface area contributed by atoms with Crippen LogP contribution in [-0.4, -0.2) is 37.7 Å². The van der Waals surface area contributed by atoms with Gasteiger partial charge < -0.3 is 5.11 Å². The number of nitrogens with one attached hydrogen (secondary N) is 1. The lowest BCUT2D eigenvalue weighted by atomic mass is 10.2. The second kappa shape index (κ2) is 6.38. The Hall–Kier alpha value is -0.0800. The van der Waals surface area contributed by atoms with Gasteiger partial charge in [-0.2, -0.15) is 11.8 Å². The smallest absolute Gasteiger partial charge is 0.250 e. The average Bonchev–Trinajstić information content (AvgIpc) is 2.80. The summed E-state index contributed by atoms with van der Waals surface area (Å²) < 4.78 is 27.4. The third-order valence-corrected chi connectivity index (χ3v) is 7.11. The van der Waals surface area contributed by atoms with Crippen molar-refractivity contribution in [1.29, 1.82) is 0 Å². The first-order chi connectivity index (χ1) is 8.62. The van der Waals surface area contributed by atoms with Crippen molar-refractivity contribution in [3.05, 3.63) is 17.0 Å². The summed E-state index contributed by atoms with van der Waals surface area (Å²) in [6, 6.07) is 3.44. The predicted molar refractivity (Wildman–Crippen MR) is 75.8 cm³/mol. The van der Waals surface area contributed by atoms with E-state index in [1.807, 2.05) is 0 Å². The summed E-state index contributed by atoms with van der Waals surface area (Å²) in [7, 11) is -3.38. The average molecular weight is 307 g/mol. The predicted octanol–water partition coefficient (Wildman–Crippen LogP) is 1.46. The normalized spacial score (nSPS) is 21.1. The largest absolute Gasteiger partial charge is 0.396 e. The summed E-state index contributed by atoms with van der Waals surface area (Å²) in [5, 5.41) is 8.83. The molecule has 0 amide bonds. The SMILES string of the molecule is O=S(=O)(NC1CCCSC1)c1ccc(CCO)s1. The Morgan fingerprint density at radius 1 is 1.44 bits per heavy atom. The Balaban J connectivity index is 2.04. The fraction of sp³-hybridized carbons (Fsp3) is 0.636. The number of thioether (sulfide) groups is 1. The number of aliphatic hydroxyl groups excluding tert-OH is 1. The summed E-state index contributed by atoms with van der Waals surface area (Å²) in [4.78, 5) is 0.899. The Labute approximate surface area is 116 Å². The van der Waals surface area contributed by atoms with Crippen LogP contribution in [0.2, 0.25) is 0 Å². The molecule has 1 aromatic heterocycles. The van der Waals surface area contributed by atoms with Crippen LogP contribution in [-0.2, 0) is 16.4 Å². The van der Waals surface area contributed by atoms with E-state index < -0.39 is 10.0 Å². The van der Waals surface area contributed by atoms with Crippen LogP contribution in [0.5, 0.6) is 0 Å². The molecule has 1 fully saturated rings. The number of sulfonamides is 1. The monoisotopic (exact) mass is 307 g/mol. The Bertz CT molecular complexity index is 477. The van der Waals surface area contributed by atoms with Crippen molar-refractivity contribution in [2.75, 3.05) is 18.1 Å². The van der Waals surface area contributed by atoms with E-state index in [0.29, 0.717) is 10.6 Å². The molecule has 1 aliphatic heterocycles. The number of rotatable bonds is 5. The molecule has 0 bridgehead atoms. The minimum Gasteiger partial charge on any atom is -0.396 e. The lowest BCUT2D eigenvalue weighted by molar-refractivity contribution is 0.300. The van der Waals surface area contributed by atoms with Crippen LogP contribution >= 0.6 is 23.1 Å². The van der Waals surface area contributed by atoms with E-state index in [0.717, 1.165) is 29.2 Å². The molecule has 0 aliphatic carbocycles. The number of hydrogen-bond acceptors (Lipinski definition) is 5. The number of thiophene rings is 1. The van der Waals surface area contributed by atoms with Crippen LogP contribution in [0, 0.1) is 0 Å². The molecule has 1 aliphatic rings. The van der Waals surface area contributed by atoms with Gasteiger partial charge in [0.15, 0.2) is 0 Å². The molecule has 1 atom stereocenters. The van der Waals surface area contributed by atoms with Gasteiger partial charge in [0, 0.05) is 29.7 Å². The second-order valence-corrected chi connectivity index (χ2v) is 8.49. The van der Waals surface area contributed by atoms with Crippen molar-refractivity contribution >= 4 is 33.1 Å². The molecule has 4 nitrogen and oxygen atoms in total. The van der Waals surface area contributed by atoms with Gasteiger partial charge in [-0.3, -0.25) is 0 Å². The molecule has 2 rings (SSSR count). The van der Waals surface area contributed by atoms with Crippen LogP contribution in [0.4, 0.5) is 0 Å². The van der Waals surface area contributed by atoms with Crippen LogP contribution in [0.25, 0.3) is 0 Å². The van der Waals surface area contributed by atoms with Gasteiger partial charge in [0.05, 0.1) is 0 Å². The van der Waals surface area contributed by atoms with Gasteiger partial charge in [0.25, 0.3) is 0 Å². The fourth-order valence-electron chi connectivity index (χ4n) is 1.86.